The molecule has 0 radical (unpaired) electrons. The van der Waals surface area contributed by atoms with Crippen molar-refractivity contribution < 1.29 is 9.90 Å². The van der Waals surface area contributed by atoms with E-state index in [1.54, 1.807) is 0 Å². The minimum atomic E-state index is -0.952. The van der Waals surface area contributed by atoms with Crippen molar-refractivity contribution in [1.29, 1.82) is 0 Å². The molecular weight excluding hydrogens is 264 g/mol. The summed E-state index contributed by atoms with van der Waals surface area (Å²) in [6.45, 7) is 6.55. The molecule has 1 atom stereocenters. The molecule has 0 aromatic heterocycles. The Balaban J connectivity index is 2.69. The van der Waals surface area contributed by atoms with E-state index in [0.717, 1.165) is 18.7 Å². The van der Waals surface area contributed by atoms with Gasteiger partial charge in [0.15, 0.2) is 0 Å². The smallest absolute Gasteiger partial charge is 0.320 e. The minimum Gasteiger partial charge on any atom is -0.480 e. The number of anilines is 1. The molecule has 21 heavy (non-hydrogen) atoms. The Kier molecular flexibility index (Phi) is 7.83. The topological polar surface area (TPSA) is 66.6 Å². The van der Waals surface area contributed by atoms with Crippen LogP contribution < -0.4 is 10.6 Å². The molecular formula is C17H28N2O2. The SMILES string of the molecule is CCCCN(CCCC)c1ccc(CC(N)C(=O)O)cc1. The summed E-state index contributed by atoms with van der Waals surface area (Å²) in [5.74, 6) is -0.952. The predicted molar refractivity (Wildman–Crippen MR) is 87.8 cm³/mol. The zero-order valence-corrected chi connectivity index (χ0v) is 13.2. The van der Waals surface area contributed by atoms with E-state index in [9.17, 15) is 4.79 Å². The molecule has 0 bridgehead atoms. The maximum absolute atomic E-state index is 10.8. The first kappa shape index (κ1) is 17.5. The van der Waals surface area contributed by atoms with Crippen molar-refractivity contribution in [2.45, 2.75) is 52.0 Å². The minimum absolute atomic E-state index is 0.375. The Hall–Kier alpha value is -1.55. The first-order valence-corrected chi connectivity index (χ1v) is 7.90. The fraction of sp³-hybridized carbons (Fsp3) is 0.588. The number of carbonyl (C=O) groups is 1. The third kappa shape index (κ3) is 6.17. The van der Waals surface area contributed by atoms with Gasteiger partial charge in [-0.3, -0.25) is 4.79 Å². The number of carboxylic acids is 1. The second-order valence-corrected chi connectivity index (χ2v) is 5.51. The zero-order chi connectivity index (χ0) is 15.7. The fourth-order valence-electron chi connectivity index (χ4n) is 2.25. The van der Waals surface area contributed by atoms with Crippen LogP contribution in [0.25, 0.3) is 0 Å². The molecule has 0 spiro atoms. The maximum Gasteiger partial charge on any atom is 0.320 e. The van der Waals surface area contributed by atoms with E-state index in [1.165, 1.54) is 31.4 Å². The summed E-state index contributed by atoms with van der Waals surface area (Å²) in [7, 11) is 0. The third-order valence-electron chi connectivity index (χ3n) is 3.64. The normalized spacial score (nSPS) is 12.1. The molecule has 4 heteroatoms. The van der Waals surface area contributed by atoms with E-state index in [0.29, 0.717) is 6.42 Å². The molecule has 1 rings (SSSR count). The molecule has 3 N–H and O–H groups in total. The number of hydrogen-bond donors (Lipinski definition) is 2. The average Bonchev–Trinajstić information content (AvgIpc) is 2.48. The number of aliphatic carboxylic acids is 1. The third-order valence-corrected chi connectivity index (χ3v) is 3.64. The van der Waals surface area contributed by atoms with Gasteiger partial charge in [-0.2, -0.15) is 0 Å². The molecule has 0 heterocycles. The quantitative estimate of drug-likeness (QED) is 0.695. The number of rotatable bonds is 10. The lowest BCUT2D eigenvalue weighted by atomic mass is 10.1. The Morgan fingerprint density at radius 3 is 2.10 bits per heavy atom. The number of benzene rings is 1. The van der Waals surface area contributed by atoms with E-state index in [4.69, 9.17) is 10.8 Å². The van der Waals surface area contributed by atoms with Crippen molar-refractivity contribution in [2.75, 3.05) is 18.0 Å². The van der Waals surface area contributed by atoms with Crippen molar-refractivity contribution >= 4 is 11.7 Å². The number of carboxylic acid groups (broad SMARTS) is 1. The molecule has 118 valence electrons. The van der Waals surface area contributed by atoms with Crippen molar-refractivity contribution in [3.05, 3.63) is 29.8 Å². The van der Waals surface area contributed by atoms with Gasteiger partial charge in [-0.15, -0.1) is 0 Å². The lowest BCUT2D eigenvalue weighted by Crippen LogP contribution is -2.32. The summed E-state index contributed by atoms with van der Waals surface area (Å²) in [4.78, 5) is 13.2. The van der Waals surface area contributed by atoms with Crippen LogP contribution in [0.5, 0.6) is 0 Å². The molecule has 1 aromatic rings. The van der Waals surface area contributed by atoms with Crippen LogP contribution in [0, 0.1) is 0 Å². The van der Waals surface area contributed by atoms with Crippen LogP contribution in [0.1, 0.15) is 45.1 Å². The van der Waals surface area contributed by atoms with E-state index < -0.39 is 12.0 Å². The Labute approximate surface area is 128 Å². The monoisotopic (exact) mass is 292 g/mol. The average molecular weight is 292 g/mol. The van der Waals surface area contributed by atoms with Crippen molar-refractivity contribution in [3.63, 3.8) is 0 Å². The Morgan fingerprint density at radius 1 is 1.14 bits per heavy atom. The van der Waals surface area contributed by atoms with E-state index in [2.05, 4.69) is 30.9 Å². The van der Waals surface area contributed by atoms with Crippen LogP contribution in [0.15, 0.2) is 24.3 Å². The van der Waals surface area contributed by atoms with Gasteiger partial charge in [-0.05, 0) is 37.0 Å². The highest BCUT2D eigenvalue weighted by Gasteiger charge is 2.12. The molecule has 0 aliphatic heterocycles. The van der Waals surface area contributed by atoms with Gasteiger partial charge in [0.2, 0.25) is 0 Å². The van der Waals surface area contributed by atoms with Crippen molar-refractivity contribution in [1.82, 2.24) is 0 Å². The molecule has 4 nitrogen and oxygen atoms in total. The van der Waals surface area contributed by atoms with Gasteiger partial charge in [0, 0.05) is 18.8 Å². The first-order chi connectivity index (χ1) is 10.1. The Morgan fingerprint density at radius 2 is 1.67 bits per heavy atom. The summed E-state index contributed by atoms with van der Waals surface area (Å²) >= 11 is 0. The van der Waals surface area contributed by atoms with Crippen LogP contribution in [-0.4, -0.2) is 30.2 Å². The summed E-state index contributed by atoms with van der Waals surface area (Å²) < 4.78 is 0. The fourth-order valence-corrected chi connectivity index (χ4v) is 2.25. The zero-order valence-electron chi connectivity index (χ0n) is 13.2. The summed E-state index contributed by atoms with van der Waals surface area (Å²) in [5.41, 5.74) is 7.75. The molecule has 0 saturated carbocycles. The van der Waals surface area contributed by atoms with E-state index in [-0.39, 0.29) is 0 Å². The van der Waals surface area contributed by atoms with Gasteiger partial charge in [-0.25, -0.2) is 0 Å². The molecule has 1 aromatic carbocycles. The number of nitrogens with zero attached hydrogens (tertiary/aromatic N) is 1. The van der Waals surface area contributed by atoms with Crippen molar-refractivity contribution in [2.24, 2.45) is 5.73 Å². The number of hydrogen-bond acceptors (Lipinski definition) is 3. The van der Waals surface area contributed by atoms with Crippen LogP contribution in [-0.2, 0) is 11.2 Å². The van der Waals surface area contributed by atoms with Gasteiger partial charge in [0.05, 0.1) is 0 Å². The molecule has 0 aliphatic rings. The highest BCUT2D eigenvalue weighted by Crippen LogP contribution is 2.17. The highest BCUT2D eigenvalue weighted by molar-refractivity contribution is 5.73. The van der Waals surface area contributed by atoms with E-state index in [1.807, 2.05) is 12.1 Å². The standard InChI is InChI=1S/C17H28N2O2/c1-3-5-11-19(12-6-4-2)15-9-7-14(8-10-15)13-16(18)17(20)21/h7-10,16H,3-6,11-13,18H2,1-2H3,(H,20,21). The number of unbranched alkanes of at least 4 members (excludes halogenated alkanes) is 2. The largest absolute Gasteiger partial charge is 0.480 e. The van der Waals surface area contributed by atoms with Crippen LogP contribution in [0.4, 0.5) is 5.69 Å². The van der Waals surface area contributed by atoms with E-state index >= 15 is 0 Å². The molecule has 1 unspecified atom stereocenters. The van der Waals surface area contributed by atoms with Crippen LogP contribution >= 0.6 is 0 Å². The predicted octanol–water partition coefficient (Wildman–Crippen LogP) is 3.05. The summed E-state index contributed by atoms with van der Waals surface area (Å²) in [6.07, 6.45) is 5.13. The number of nitrogens with two attached hydrogens (primary N) is 1. The van der Waals surface area contributed by atoms with Crippen LogP contribution in [0.3, 0.4) is 0 Å². The van der Waals surface area contributed by atoms with Gasteiger partial charge >= 0.3 is 5.97 Å². The highest BCUT2D eigenvalue weighted by atomic mass is 16.4. The van der Waals surface area contributed by atoms with Gasteiger partial charge < -0.3 is 15.7 Å². The van der Waals surface area contributed by atoms with Gasteiger partial charge in [0.1, 0.15) is 6.04 Å². The lowest BCUT2D eigenvalue weighted by Gasteiger charge is -2.25. The van der Waals surface area contributed by atoms with Gasteiger partial charge in [-0.1, -0.05) is 38.8 Å². The second kappa shape index (κ2) is 9.40. The maximum atomic E-state index is 10.8. The molecule has 0 amide bonds. The van der Waals surface area contributed by atoms with Crippen LogP contribution in [0.2, 0.25) is 0 Å². The summed E-state index contributed by atoms with van der Waals surface area (Å²) in [6, 6.07) is 7.31. The Bertz CT molecular complexity index is 409. The van der Waals surface area contributed by atoms with Crippen molar-refractivity contribution in [3.8, 4) is 0 Å². The van der Waals surface area contributed by atoms with Gasteiger partial charge in [0.25, 0.3) is 0 Å². The molecule has 0 fully saturated rings. The first-order valence-electron chi connectivity index (χ1n) is 7.90. The molecule has 0 aliphatic carbocycles. The second-order valence-electron chi connectivity index (χ2n) is 5.51. The molecule has 0 saturated heterocycles. The lowest BCUT2D eigenvalue weighted by molar-refractivity contribution is -0.138. The summed E-state index contributed by atoms with van der Waals surface area (Å²) in [5, 5.41) is 8.85.